The number of hydrogen-bond acceptors (Lipinski definition) is 0. The largest absolute Gasteiger partial charge is 0.0843 e. The molecule has 0 bridgehead atoms. The van der Waals surface area contributed by atoms with Crippen molar-refractivity contribution in [3.63, 3.8) is 0 Å². The van der Waals surface area contributed by atoms with Crippen LogP contribution in [-0.4, -0.2) is 0 Å². The Kier molecular flexibility index (Phi) is 3.77. The summed E-state index contributed by atoms with van der Waals surface area (Å²) in [4.78, 5) is 0. The smallest absolute Gasteiger partial charge is 0.0406 e. The van der Waals surface area contributed by atoms with E-state index in [1.54, 1.807) is 0 Å². The molecule has 18 heavy (non-hydrogen) atoms. The van der Waals surface area contributed by atoms with Crippen LogP contribution in [0, 0.1) is 0 Å². The lowest BCUT2D eigenvalue weighted by molar-refractivity contribution is 1.15. The van der Waals surface area contributed by atoms with Gasteiger partial charge in [-0.2, -0.15) is 0 Å². The molecular weight excluding hydrogens is 240 g/mol. The van der Waals surface area contributed by atoms with E-state index in [0.29, 0.717) is 0 Å². The van der Waals surface area contributed by atoms with E-state index in [-0.39, 0.29) is 0 Å². The van der Waals surface area contributed by atoms with Gasteiger partial charge in [-0.05, 0) is 74.1 Å². The number of allylic oxidation sites excluding steroid dienone is 6. The van der Waals surface area contributed by atoms with Gasteiger partial charge in [0.25, 0.3) is 0 Å². The van der Waals surface area contributed by atoms with Crippen molar-refractivity contribution < 1.29 is 0 Å². The molecule has 1 aliphatic rings. The van der Waals surface area contributed by atoms with Crippen LogP contribution in [0.15, 0.2) is 52.6 Å². The Labute approximate surface area is 115 Å². The highest BCUT2D eigenvalue weighted by Gasteiger charge is 2.11. The van der Waals surface area contributed by atoms with Crippen molar-refractivity contribution in [2.45, 2.75) is 34.1 Å². The van der Waals surface area contributed by atoms with E-state index in [4.69, 9.17) is 11.6 Å². The molecule has 0 radical (unpaired) electrons. The molecule has 0 atom stereocenters. The van der Waals surface area contributed by atoms with E-state index in [9.17, 15) is 0 Å². The second-order valence-corrected chi connectivity index (χ2v) is 5.50. The van der Waals surface area contributed by atoms with Crippen LogP contribution in [0.25, 0.3) is 5.57 Å². The normalized spacial score (nSPS) is 16.8. The zero-order chi connectivity index (χ0) is 13.3. The summed E-state index contributed by atoms with van der Waals surface area (Å²) in [5, 5.41) is 0.792. The van der Waals surface area contributed by atoms with Crippen LogP contribution in [-0.2, 0) is 0 Å². The van der Waals surface area contributed by atoms with Crippen LogP contribution in [0.2, 0.25) is 5.02 Å². The van der Waals surface area contributed by atoms with Crippen LogP contribution in [0.4, 0.5) is 0 Å². The topological polar surface area (TPSA) is 0 Å². The first-order valence-corrected chi connectivity index (χ1v) is 6.67. The molecule has 1 aliphatic carbocycles. The van der Waals surface area contributed by atoms with Gasteiger partial charge < -0.3 is 0 Å². The molecule has 0 saturated heterocycles. The molecule has 2 rings (SSSR count). The van der Waals surface area contributed by atoms with Crippen molar-refractivity contribution in [2.24, 2.45) is 0 Å². The van der Waals surface area contributed by atoms with Gasteiger partial charge in [0.15, 0.2) is 0 Å². The molecule has 0 aliphatic heterocycles. The first-order chi connectivity index (χ1) is 8.49. The van der Waals surface area contributed by atoms with Crippen LogP contribution in [0.5, 0.6) is 0 Å². The maximum atomic E-state index is 5.95. The molecule has 0 unspecified atom stereocenters. The summed E-state index contributed by atoms with van der Waals surface area (Å²) in [5.74, 6) is 0. The predicted octanol–water partition coefficient (Wildman–Crippen LogP) is 5.80. The Balaban J connectivity index is 2.48. The van der Waals surface area contributed by atoms with Gasteiger partial charge in [-0.3, -0.25) is 0 Å². The second-order valence-electron chi connectivity index (χ2n) is 5.07. The Morgan fingerprint density at radius 2 is 1.50 bits per heavy atom. The van der Waals surface area contributed by atoms with Crippen LogP contribution in [0.3, 0.4) is 0 Å². The van der Waals surface area contributed by atoms with Gasteiger partial charge in [-0.25, -0.2) is 0 Å². The number of benzene rings is 1. The summed E-state index contributed by atoms with van der Waals surface area (Å²) in [6.45, 7) is 8.83. The maximum absolute atomic E-state index is 5.95. The summed E-state index contributed by atoms with van der Waals surface area (Å²) >= 11 is 5.95. The quantitative estimate of drug-likeness (QED) is 0.597. The lowest BCUT2D eigenvalue weighted by Crippen LogP contribution is -1.88. The molecule has 1 heteroatoms. The molecule has 0 spiro atoms. The van der Waals surface area contributed by atoms with Gasteiger partial charge in [-0.15, -0.1) is 0 Å². The van der Waals surface area contributed by atoms with E-state index >= 15 is 0 Å². The zero-order valence-electron chi connectivity index (χ0n) is 11.5. The second kappa shape index (κ2) is 5.16. The lowest BCUT2D eigenvalue weighted by Gasteiger charge is -2.08. The van der Waals surface area contributed by atoms with Crippen molar-refractivity contribution >= 4 is 17.2 Å². The van der Waals surface area contributed by atoms with Crippen LogP contribution in [0.1, 0.15) is 39.7 Å². The molecule has 0 nitrogen and oxygen atoms in total. The van der Waals surface area contributed by atoms with Crippen molar-refractivity contribution in [2.75, 3.05) is 0 Å². The maximum Gasteiger partial charge on any atom is 0.0406 e. The molecule has 94 valence electrons. The average molecular weight is 259 g/mol. The molecule has 0 heterocycles. The molecule has 0 amide bonds. The van der Waals surface area contributed by atoms with Gasteiger partial charge in [-0.1, -0.05) is 35.4 Å². The zero-order valence-corrected chi connectivity index (χ0v) is 12.2. The predicted molar refractivity (Wildman–Crippen MR) is 80.8 cm³/mol. The van der Waals surface area contributed by atoms with Crippen LogP contribution < -0.4 is 0 Å². The Bertz CT molecular complexity index is 554. The van der Waals surface area contributed by atoms with E-state index in [1.165, 1.54) is 33.4 Å². The van der Waals surface area contributed by atoms with Crippen molar-refractivity contribution in [3.8, 4) is 0 Å². The Morgan fingerprint density at radius 1 is 0.889 bits per heavy atom. The third-order valence-corrected chi connectivity index (χ3v) is 4.11. The third kappa shape index (κ3) is 2.59. The number of hydrogen-bond donors (Lipinski definition) is 0. The minimum atomic E-state index is 0.792. The molecule has 0 aromatic heterocycles. The highest BCUT2D eigenvalue weighted by Crippen LogP contribution is 2.32. The fourth-order valence-electron chi connectivity index (χ4n) is 2.30. The van der Waals surface area contributed by atoms with E-state index in [1.807, 2.05) is 12.1 Å². The van der Waals surface area contributed by atoms with Crippen molar-refractivity contribution in [3.05, 3.63) is 63.2 Å². The van der Waals surface area contributed by atoms with Gasteiger partial charge in [0.1, 0.15) is 0 Å². The molecule has 0 fully saturated rings. The van der Waals surface area contributed by atoms with E-state index in [2.05, 4.69) is 45.9 Å². The fourth-order valence-corrected chi connectivity index (χ4v) is 2.43. The summed E-state index contributed by atoms with van der Waals surface area (Å²) in [6, 6.07) is 8.12. The standard InChI is InChI=1S/C17H19Cl/c1-11-9-16(10-12(2)14(4)13(11)3)15-5-7-17(18)8-6-15/h5-9H,10H2,1-4H3. The summed E-state index contributed by atoms with van der Waals surface area (Å²) in [6.07, 6.45) is 3.32. The Hall–Kier alpha value is -1.27. The fraction of sp³-hybridized carbons (Fsp3) is 0.294. The molecule has 1 aromatic carbocycles. The minimum Gasteiger partial charge on any atom is -0.0843 e. The first-order valence-electron chi connectivity index (χ1n) is 6.29. The molecule has 0 N–H and O–H groups in total. The third-order valence-electron chi connectivity index (χ3n) is 3.86. The van der Waals surface area contributed by atoms with Crippen molar-refractivity contribution in [1.82, 2.24) is 0 Å². The monoisotopic (exact) mass is 258 g/mol. The lowest BCUT2D eigenvalue weighted by atomic mass is 9.97. The van der Waals surface area contributed by atoms with Crippen molar-refractivity contribution in [1.29, 1.82) is 0 Å². The first kappa shape index (κ1) is 13.2. The van der Waals surface area contributed by atoms with Gasteiger partial charge in [0.05, 0.1) is 0 Å². The summed E-state index contributed by atoms with van der Waals surface area (Å²) < 4.78 is 0. The SMILES string of the molecule is CC1=C(C)C(C)=C(C)CC(c2ccc(Cl)cc2)=C1. The minimum absolute atomic E-state index is 0.792. The van der Waals surface area contributed by atoms with Crippen LogP contribution >= 0.6 is 11.6 Å². The van der Waals surface area contributed by atoms with E-state index < -0.39 is 0 Å². The molecular formula is C17H19Cl. The number of rotatable bonds is 1. The molecule has 1 aromatic rings. The van der Waals surface area contributed by atoms with Gasteiger partial charge >= 0.3 is 0 Å². The van der Waals surface area contributed by atoms with Gasteiger partial charge in [0, 0.05) is 5.02 Å². The van der Waals surface area contributed by atoms with Gasteiger partial charge in [0.2, 0.25) is 0 Å². The Morgan fingerprint density at radius 3 is 2.11 bits per heavy atom. The summed E-state index contributed by atoms with van der Waals surface area (Å²) in [7, 11) is 0. The number of halogens is 1. The average Bonchev–Trinajstić information content (AvgIpc) is 2.44. The highest BCUT2D eigenvalue weighted by molar-refractivity contribution is 6.30. The molecule has 0 saturated carbocycles. The highest BCUT2D eigenvalue weighted by atomic mass is 35.5. The van der Waals surface area contributed by atoms with E-state index in [0.717, 1.165) is 11.4 Å². The summed E-state index contributed by atoms with van der Waals surface area (Å²) in [5.41, 5.74) is 8.27.